The summed E-state index contributed by atoms with van der Waals surface area (Å²) in [6.07, 6.45) is 24.0. The number of rotatable bonds is 20. The average molecular weight is 369 g/mol. The fourth-order valence-electron chi connectivity index (χ4n) is 3.34. The van der Waals surface area contributed by atoms with Gasteiger partial charge >= 0.3 is 6.03 Å². The van der Waals surface area contributed by atoms with Gasteiger partial charge in [0.05, 0.1) is 0 Å². The summed E-state index contributed by atoms with van der Waals surface area (Å²) in [7, 11) is 0. The number of hydrogen-bond acceptors (Lipinski definition) is 1. The number of unbranched alkanes of at least 4 members (excludes halogenated alkanes) is 16. The summed E-state index contributed by atoms with van der Waals surface area (Å²) in [5.41, 5.74) is 0. The molecule has 0 spiro atoms. The number of urea groups is 1. The SMILES string of the molecule is CCCCCCCCCCCCCCCCNC(=O)NCCCCCC. The zero-order valence-corrected chi connectivity index (χ0v) is 18.1. The lowest BCUT2D eigenvalue weighted by Crippen LogP contribution is -2.36. The quantitative estimate of drug-likeness (QED) is 0.217. The topological polar surface area (TPSA) is 41.1 Å². The van der Waals surface area contributed by atoms with Gasteiger partial charge in [0.25, 0.3) is 0 Å². The molecule has 2 N–H and O–H groups in total. The van der Waals surface area contributed by atoms with Gasteiger partial charge in [0.15, 0.2) is 0 Å². The molecule has 0 aromatic rings. The van der Waals surface area contributed by atoms with Crippen molar-refractivity contribution in [3.63, 3.8) is 0 Å². The standard InChI is InChI=1S/C23H48N2O/c1-3-5-7-9-10-11-12-13-14-15-16-17-18-20-22-25-23(26)24-21-19-8-6-4-2/h3-22H2,1-2H3,(H2,24,25,26). The third-order valence-corrected chi connectivity index (χ3v) is 5.13. The highest BCUT2D eigenvalue weighted by atomic mass is 16.2. The van der Waals surface area contributed by atoms with E-state index in [-0.39, 0.29) is 6.03 Å². The molecule has 0 bridgehead atoms. The summed E-state index contributed by atoms with van der Waals surface area (Å²) in [5, 5.41) is 5.91. The van der Waals surface area contributed by atoms with E-state index in [1.807, 2.05) is 0 Å². The lowest BCUT2D eigenvalue weighted by molar-refractivity contribution is 0.240. The van der Waals surface area contributed by atoms with Crippen LogP contribution in [0.2, 0.25) is 0 Å². The van der Waals surface area contributed by atoms with Crippen molar-refractivity contribution in [1.82, 2.24) is 10.6 Å². The van der Waals surface area contributed by atoms with Crippen molar-refractivity contribution in [2.45, 2.75) is 129 Å². The highest BCUT2D eigenvalue weighted by molar-refractivity contribution is 5.73. The van der Waals surface area contributed by atoms with E-state index in [0.29, 0.717) is 0 Å². The smallest absolute Gasteiger partial charge is 0.314 e. The van der Waals surface area contributed by atoms with Crippen molar-refractivity contribution < 1.29 is 4.79 Å². The molecule has 0 aromatic carbocycles. The van der Waals surface area contributed by atoms with Crippen LogP contribution >= 0.6 is 0 Å². The lowest BCUT2D eigenvalue weighted by atomic mass is 10.0. The lowest BCUT2D eigenvalue weighted by Gasteiger charge is -2.07. The van der Waals surface area contributed by atoms with Crippen LogP contribution in [-0.4, -0.2) is 19.1 Å². The van der Waals surface area contributed by atoms with Crippen molar-refractivity contribution in [3.8, 4) is 0 Å². The van der Waals surface area contributed by atoms with Gasteiger partial charge < -0.3 is 10.6 Å². The van der Waals surface area contributed by atoms with E-state index in [2.05, 4.69) is 24.5 Å². The predicted octanol–water partition coefficient (Wildman–Crippen LogP) is 7.35. The summed E-state index contributed by atoms with van der Waals surface area (Å²) in [4.78, 5) is 11.6. The molecule has 0 unspecified atom stereocenters. The Morgan fingerprint density at radius 1 is 0.462 bits per heavy atom. The number of carbonyl (C=O) groups is 1. The van der Waals surface area contributed by atoms with Gasteiger partial charge in [0.1, 0.15) is 0 Å². The largest absolute Gasteiger partial charge is 0.338 e. The molecule has 0 aromatic heterocycles. The van der Waals surface area contributed by atoms with E-state index in [1.165, 1.54) is 103 Å². The second kappa shape index (κ2) is 22.3. The first-order chi connectivity index (χ1) is 12.8. The summed E-state index contributed by atoms with van der Waals surface area (Å²) < 4.78 is 0. The molecule has 2 amide bonds. The van der Waals surface area contributed by atoms with Crippen molar-refractivity contribution >= 4 is 6.03 Å². The molecule has 156 valence electrons. The van der Waals surface area contributed by atoms with Gasteiger partial charge in [0.2, 0.25) is 0 Å². The minimum absolute atomic E-state index is 0.0104. The fraction of sp³-hybridized carbons (Fsp3) is 0.957. The van der Waals surface area contributed by atoms with Crippen LogP contribution in [0.1, 0.15) is 129 Å². The van der Waals surface area contributed by atoms with Crippen LogP contribution < -0.4 is 10.6 Å². The number of amides is 2. The fourth-order valence-corrected chi connectivity index (χ4v) is 3.34. The minimum Gasteiger partial charge on any atom is -0.338 e. The van der Waals surface area contributed by atoms with E-state index in [9.17, 15) is 4.79 Å². The molecule has 0 fully saturated rings. The van der Waals surface area contributed by atoms with Gasteiger partial charge in [-0.05, 0) is 12.8 Å². The molecule has 0 rings (SSSR count). The minimum atomic E-state index is 0.0104. The van der Waals surface area contributed by atoms with Crippen LogP contribution in [-0.2, 0) is 0 Å². The third kappa shape index (κ3) is 21.3. The summed E-state index contributed by atoms with van der Waals surface area (Å²) >= 11 is 0. The van der Waals surface area contributed by atoms with E-state index in [4.69, 9.17) is 0 Å². The van der Waals surface area contributed by atoms with Crippen LogP contribution in [0.15, 0.2) is 0 Å². The highest BCUT2D eigenvalue weighted by Crippen LogP contribution is 2.12. The van der Waals surface area contributed by atoms with Gasteiger partial charge in [-0.1, -0.05) is 117 Å². The van der Waals surface area contributed by atoms with Crippen molar-refractivity contribution in [2.24, 2.45) is 0 Å². The van der Waals surface area contributed by atoms with E-state index in [1.54, 1.807) is 0 Å². The molecule has 3 heteroatoms. The Hall–Kier alpha value is -0.730. The Balaban J connectivity index is 3.09. The Morgan fingerprint density at radius 2 is 0.731 bits per heavy atom. The molecule has 0 aliphatic carbocycles. The first-order valence-corrected chi connectivity index (χ1v) is 11.8. The van der Waals surface area contributed by atoms with Crippen molar-refractivity contribution in [2.75, 3.05) is 13.1 Å². The van der Waals surface area contributed by atoms with Crippen LogP contribution in [0.25, 0.3) is 0 Å². The van der Waals surface area contributed by atoms with E-state index in [0.717, 1.165) is 25.9 Å². The number of carbonyl (C=O) groups excluding carboxylic acids is 1. The predicted molar refractivity (Wildman–Crippen MR) is 116 cm³/mol. The van der Waals surface area contributed by atoms with Crippen LogP contribution in [0.4, 0.5) is 4.79 Å². The third-order valence-electron chi connectivity index (χ3n) is 5.13. The normalized spacial score (nSPS) is 10.8. The van der Waals surface area contributed by atoms with Crippen LogP contribution in [0.3, 0.4) is 0 Å². The Morgan fingerprint density at radius 3 is 1.08 bits per heavy atom. The van der Waals surface area contributed by atoms with Gasteiger partial charge in [-0.3, -0.25) is 0 Å². The van der Waals surface area contributed by atoms with Gasteiger partial charge in [-0.2, -0.15) is 0 Å². The first kappa shape index (κ1) is 25.3. The summed E-state index contributed by atoms with van der Waals surface area (Å²) in [6, 6.07) is 0.0104. The second-order valence-electron chi connectivity index (χ2n) is 7.84. The van der Waals surface area contributed by atoms with Crippen LogP contribution in [0, 0.1) is 0 Å². The molecule has 0 radical (unpaired) electrons. The van der Waals surface area contributed by atoms with Crippen LogP contribution in [0.5, 0.6) is 0 Å². The summed E-state index contributed by atoms with van der Waals surface area (Å²) in [6.45, 7) is 6.11. The summed E-state index contributed by atoms with van der Waals surface area (Å²) in [5.74, 6) is 0. The van der Waals surface area contributed by atoms with Gasteiger partial charge in [-0.15, -0.1) is 0 Å². The molecule has 0 saturated carbocycles. The highest BCUT2D eigenvalue weighted by Gasteiger charge is 1.98. The molecule has 0 saturated heterocycles. The molecule has 0 atom stereocenters. The maximum absolute atomic E-state index is 11.6. The van der Waals surface area contributed by atoms with Crippen molar-refractivity contribution in [3.05, 3.63) is 0 Å². The molecule has 0 aliphatic rings. The molecule has 26 heavy (non-hydrogen) atoms. The molecule has 0 heterocycles. The number of nitrogens with one attached hydrogen (secondary N) is 2. The zero-order chi connectivity index (χ0) is 19.1. The monoisotopic (exact) mass is 368 g/mol. The molecular formula is C23H48N2O. The maximum atomic E-state index is 11.6. The van der Waals surface area contributed by atoms with E-state index >= 15 is 0 Å². The van der Waals surface area contributed by atoms with Gasteiger partial charge in [-0.25, -0.2) is 4.79 Å². The Bertz CT molecular complexity index is 281. The molecule has 3 nitrogen and oxygen atoms in total. The molecule has 0 aliphatic heterocycles. The average Bonchev–Trinajstić information content (AvgIpc) is 2.64. The Kier molecular flexibility index (Phi) is 21.7. The van der Waals surface area contributed by atoms with E-state index < -0.39 is 0 Å². The maximum Gasteiger partial charge on any atom is 0.314 e. The Labute approximate surface area is 164 Å². The zero-order valence-electron chi connectivity index (χ0n) is 18.1. The second-order valence-corrected chi connectivity index (χ2v) is 7.84. The number of hydrogen-bond donors (Lipinski definition) is 2. The first-order valence-electron chi connectivity index (χ1n) is 11.8. The molecular weight excluding hydrogens is 320 g/mol. The van der Waals surface area contributed by atoms with Gasteiger partial charge in [0, 0.05) is 13.1 Å². The van der Waals surface area contributed by atoms with Crippen molar-refractivity contribution in [1.29, 1.82) is 0 Å².